The molecule has 0 aliphatic heterocycles. The van der Waals surface area contributed by atoms with Gasteiger partial charge in [0.2, 0.25) is 11.7 Å². The van der Waals surface area contributed by atoms with Crippen LogP contribution in [0.3, 0.4) is 0 Å². The number of pyridine rings is 1. The van der Waals surface area contributed by atoms with Gasteiger partial charge in [-0.1, -0.05) is 51.4 Å². The number of anilines is 1. The summed E-state index contributed by atoms with van der Waals surface area (Å²) in [5.41, 5.74) is 1.79. The molecule has 0 fully saturated rings. The fraction of sp³-hybridized carbons (Fsp3) is 0.0455. The molecule has 0 aliphatic carbocycles. The van der Waals surface area contributed by atoms with Crippen LogP contribution in [0.1, 0.15) is 0 Å². The van der Waals surface area contributed by atoms with E-state index in [4.69, 9.17) is 4.52 Å². The van der Waals surface area contributed by atoms with E-state index >= 15 is 0 Å². The lowest BCUT2D eigenvalue weighted by molar-refractivity contribution is -0.117. The second-order valence-electron chi connectivity index (χ2n) is 6.90. The predicted octanol–water partition coefficient (Wildman–Crippen LogP) is 3.61. The maximum atomic E-state index is 12.8. The number of rotatable bonds is 5. The van der Waals surface area contributed by atoms with Gasteiger partial charge in [-0.25, -0.2) is 13.9 Å². The zero-order valence-electron chi connectivity index (χ0n) is 16.5. The van der Waals surface area contributed by atoms with Crippen molar-refractivity contribution in [1.82, 2.24) is 24.3 Å². The van der Waals surface area contributed by atoms with Gasteiger partial charge >= 0.3 is 5.69 Å². The van der Waals surface area contributed by atoms with E-state index < -0.39 is 5.69 Å². The SMILES string of the molecule is O=C(Cn1nc2c(-c3nc(-c4ccccc4)no3)cccn2c1=O)Nc1ccc(Br)cc1. The Labute approximate surface area is 189 Å². The topological polar surface area (TPSA) is 107 Å². The summed E-state index contributed by atoms with van der Waals surface area (Å²) >= 11 is 3.35. The van der Waals surface area contributed by atoms with Crippen LogP contribution < -0.4 is 11.0 Å². The van der Waals surface area contributed by atoms with E-state index in [1.807, 2.05) is 42.5 Å². The van der Waals surface area contributed by atoms with Crippen LogP contribution in [0.5, 0.6) is 0 Å². The van der Waals surface area contributed by atoms with E-state index in [0.29, 0.717) is 22.7 Å². The lowest BCUT2D eigenvalue weighted by Crippen LogP contribution is -2.28. The van der Waals surface area contributed by atoms with Crippen LogP contribution >= 0.6 is 15.9 Å². The Hall–Kier alpha value is -4.05. The van der Waals surface area contributed by atoms with Crippen molar-refractivity contribution in [2.75, 3.05) is 5.32 Å². The molecule has 0 unspecified atom stereocenters. The maximum Gasteiger partial charge on any atom is 0.350 e. The quantitative estimate of drug-likeness (QED) is 0.403. The highest BCUT2D eigenvalue weighted by Gasteiger charge is 2.18. The van der Waals surface area contributed by atoms with Crippen LogP contribution in [0.25, 0.3) is 28.5 Å². The number of nitrogens with one attached hydrogen (secondary N) is 1. The highest BCUT2D eigenvalue weighted by atomic mass is 79.9. The monoisotopic (exact) mass is 490 g/mol. The molecule has 5 aromatic rings. The van der Waals surface area contributed by atoms with Gasteiger partial charge in [0.05, 0.1) is 5.56 Å². The molecule has 32 heavy (non-hydrogen) atoms. The summed E-state index contributed by atoms with van der Waals surface area (Å²) in [4.78, 5) is 29.7. The molecule has 1 amide bonds. The minimum atomic E-state index is -0.449. The summed E-state index contributed by atoms with van der Waals surface area (Å²) in [6.07, 6.45) is 1.58. The van der Waals surface area contributed by atoms with E-state index in [-0.39, 0.29) is 18.3 Å². The molecule has 2 aromatic carbocycles. The van der Waals surface area contributed by atoms with E-state index in [1.165, 1.54) is 4.40 Å². The predicted molar refractivity (Wildman–Crippen MR) is 121 cm³/mol. The number of nitrogens with zero attached hydrogens (tertiary/aromatic N) is 5. The Balaban J connectivity index is 1.45. The first-order chi connectivity index (χ1) is 15.6. The van der Waals surface area contributed by atoms with Gasteiger partial charge in [-0.2, -0.15) is 4.98 Å². The first-order valence-corrected chi connectivity index (χ1v) is 10.4. The third kappa shape index (κ3) is 3.83. The fourth-order valence-corrected chi connectivity index (χ4v) is 3.48. The molecular formula is C22H15BrN6O3. The van der Waals surface area contributed by atoms with Crippen LogP contribution in [0.15, 0.2) is 86.7 Å². The average Bonchev–Trinajstić information content (AvgIpc) is 3.42. The molecule has 9 nitrogen and oxygen atoms in total. The Bertz CT molecular complexity index is 1470. The van der Waals surface area contributed by atoms with Crippen LogP contribution in [0.2, 0.25) is 0 Å². The molecular weight excluding hydrogens is 476 g/mol. The smallest absolute Gasteiger partial charge is 0.333 e. The highest BCUT2D eigenvalue weighted by Crippen LogP contribution is 2.24. The number of halogens is 1. The molecule has 0 atom stereocenters. The molecule has 0 saturated heterocycles. The van der Waals surface area contributed by atoms with Crippen LogP contribution in [-0.2, 0) is 11.3 Å². The molecule has 0 radical (unpaired) electrons. The summed E-state index contributed by atoms with van der Waals surface area (Å²) in [5.74, 6) is 0.285. The molecule has 0 saturated carbocycles. The molecule has 0 bridgehead atoms. The Morgan fingerprint density at radius 2 is 1.81 bits per heavy atom. The van der Waals surface area contributed by atoms with Crippen molar-refractivity contribution < 1.29 is 9.32 Å². The van der Waals surface area contributed by atoms with Crippen molar-refractivity contribution in [3.63, 3.8) is 0 Å². The molecule has 0 aliphatic rings. The first-order valence-electron chi connectivity index (χ1n) is 9.61. The van der Waals surface area contributed by atoms with Crippen molar-refractivity contribution in [3.05, 3.63) is 87.9 Å². The lowest BCUT2D eigenvalue weighted by atomic mass is 10.2. The van der Waals surface area contributed by atoms with Crippen LogP contribution in [-0.4, -0.2) is 30.2 Å². The average molecular weight is 491 g/mol. The Kier molecular flexibility index (Phi) is 5.12. The molecule has 0 spiro atoms. The van der Waals surface area contributed by atoms with Crippen molar-refractivity contribution in [1.29, 1.82) is 0 Å². The Morgan fingerprint density at radius 3 is 2.59 bits per heavy atom. The Morgan fingerprint density at radius 1 is 1.03 bits per heavy atom. The minimum absolute atomic E-state index is 0.228. The molecule has 3 heterocycles. The second kappa shape index (κ2) is 8.23. The summed E-state index contributed by atoms with van der Waals surface area (Å²) in [6, 6.07) is 20.0. The lowest BCUT2D eigenvalue weighted by Gasteiger charge is -2.04. The normalized spacial score (nSPS) is 11.0. The number of amides is 1. The third-order valence-corrected chi connectivity index (χ3v) is 5.25. The number of fused-ring (bicyclic) bond motifs is 1. The van der Waals surface area contributed by atoms with Gasteiger partial charge in [-0.05, 0) is 36.4 Å². The zero-order valence-corrected chi connectivity index (χ0v) is 18.1. The number of carbonyl (C=O) groups is 1. The van der Waals surface area contributed by atoms with Crippen molar-refractivity contribution in [3.8, 4) is 22.8 Å². The van der Waals surface area contributed by atoms with E-state index in [1.54, 1.807) is 30.5 Å². The van der Waals surface area contributed by atoms with Crippen molar-refractivity contribution >= 4 is 33.2 Å². The molecule has 5 rings (SSSR count). The van der Waals surface area contributed by atoms with Crippen LogP contribution in [0, 0.1) is 0 Å². The molecule has 10 heteroatoms. The number of hydrogen-bond acceptors (Lipinski definition) is 6. The van der Waals surface area contributed by atoms with Gasteiger partial charge in [-0.15, -0.1) is 5.10 Å². The largest absolute Gasteiger partial charge is 0.350 e. The highest BCUT2D eigenvalue weighted by molar-refractivity contribution is 9.10. The van der Waals surface area contributed by atoms with Gasteiger partial charge in [0, 0.05) is 21.9 Å². The van der Waals surface area contributed by atoms with Crippen LogP contribution in [0.4, 0.5) is 5.69 Å². The molecule has 3 aromatic heterocycles. The third-order valence-electron chi connectivity index (χ3n) is 4.72. The number of aromatic nitrogens is 5. The summed E-state index contributed by atoms with van der Waals surface area (Å²) in [7, 11) is 0. The summed E-state index contributed by atoms with van der Waals surface area (Å²) in [6.45, 7) is -0.241. The van der Waals surface area contributed by atoms with E-state index in [9.17, 15) is 9.59 Å². The second-order valence-corrected chi connectivity index (χ2v) is 7.82. The van der Waals surface area contributed by atoms with Crippen molar-refractivity contribution in [2.24, 2.45) is 0 Å². The van der Waals surface area contributed by atoms with Crippen molar-refractivity contribution in [2.45, 2.75) is 6.54 Å². The van der Waals surface area contributed by atoms with Gasteiger partial charge in [0.1, 0.15) is 6.54 Å². The van der Waals surface area contributed by atoms with E-state index in [0.717, 1.165) is 14.7 Å². The van der Waals surface area contributed by atoms with E-state index in [2.05, 4.69) is 36.5 Å². The maximum absolute atomic E-state index is 12.8. The minimum Gasteiger partial charge on any atom is -0.333 e. The summed E-state index contributed by atoms with van der Waals surface area (Å²) < 4.78 is 8.76. The van der Waals surface area contributed by atoms with Gasteiger partial charge < -0.3 is 9.84 Å². The van der Waals surface area contributed by atoms with Gasteiger partial charge in [0.15, 0.2) is 5.65 Å². The number of benzene rings is 2. The molecule has 1 N–H and O–H groups in total. The standard InChI is InChI=1S/C22H15BrN6O3/c23-15-8-10-16(11-9-15)24-18(30)13-29-22(31)28-12-4-7-17(20(28)26-29)21-25-19(27-32-21)14-5-2-1-3-6-14/h1-12H,13H2,(H,24,30). The number of carbonyl (C=O) groups excluding carboxylic acids is 1. The van der Waals surface area contributed by atoms with Gasteiger partial charge in [0.25, 0.3) is 5.89 Å². The fourth-order valence-electron chi connectivity index (χ4n) is 3.22. The van der Waals surface area contributed by atoms with Gasteiger partial charge in [-0.3, -0.25) is 4.79 Å². The first kappa shape index (κ1) is 19.9. The summed E-state index contributed by atoms with van der Waals surface area (Å²) in [5, 5.41) is 11.1. The molecule has 158 valence electrons. The zero-order chi connectivity index (χ0) is 22.1. The number of hydrogen-bond donors (Lipinski definition) is 1.